The zero-order valence-corrected chi connectivity index (χ0v) is 11.4. The zero-order chi connectivity index (χ0) is 11.4. The molecule has 0 spiro atoms. The molecule has 2 rings (SSSR count). The Morgan fingerprint density at radius 1 is 1.38 bits per heavy atom. The van der Waals surface area contributed by atoms with Crippen molar-refractivity contribution in [3.05, 3.63) is 33.3 Å². The lowest BCUT2D eigenvalue weighted by molar-refractivity contribution is 0.0776. The minimum absolute atomic E-state index is 0.580. The minimum atomic E-state index is 0.580. The third-order valence-corrected chi connectivity index (χ3v) is 4.03. The molecule has 0 radical (unpaired) electrons. The van der Waals surface area contributed by atoms with Gasteiger partial charge in [-0.15, -0.1) is 0 Å². The first-order chi connectivity index (χ1) is 7.75. The van der Waals surface area contributed by atoms with Crippen LogP contribution in [-0.4, -0.2) is 19.3 Å². The van der Waals surface area contributed by atoms with Crippen molar-refractivity contribution < 1.29 is 4.74 Å². The largest absolute Gasteiger partial charge is 0.381 e. The topological polar surface area (TPSA) is 21.3 Å². The SMILES string of the molecule is Clc1cc(CNC2CCOCC2)ccc1Br. The molecule has 0 amide bonds. The van der Waals surface area contributed by atoms with Gasteiger partial charge >= 0.3 is 0 Å². The second kappa shape index (κ2) is 6.01. The summed E-state index contributed by atoms with van der Waals surface area (Å²) in [6, 6.07) is 6.65. The molecule has 0 saturated carbocycles. The Bertz CT molecular complexity index is 353. The molecule has 0 atom stereocenters. The first-order valence-electron chi connectivity index (χ1n) is 5.51. The monoisotopic (exact) mass is 303 g/mol. The number of halogens is 2. The molecule has 88 valence electrons. The average molecular weight is 305 g/mol. The standard InChI is InChI=1S/C12H15BrClNO/c13-11-2-1-9(7-12(11)14)8-15-10-3-5-16-6-4-10/h1-2,7,10,15H,3-6,8H2. The van der Waals surface area contributed by atoms with Gasteiger partial charge in [-0.2, -0.15) is 0 Å². The highest BCUT2D eigenvalue weighted by atomic mass is 79.9. The van der Waals surface area contributed by atoms with Gasteiger partial charge in [0, 0.05) is 30.3 Å². The minimum Gasteiger partial charge on any atom is -0.381 e. The van der Waals surface area contributed by atoms with E-state index >= 15 is 0 Å². The van der Waals surface area contributed by atoms with Gasteiger partial charge in [-0.1, -0.05) is 17.7 Å². The van der Waals surface area contributed by atoms with Crippen molar-refractivity contribution in [3.8, 4) is 0 Å². The predicted molar refractivity (Wildman–Crippen MR) is 69.8 cm³/mol. The fraction of sp³-hybridized carbons (Fsp3) is 0.500. The van der Waals surface area contributed by atoms with Gasteiger partial charge in [-0.25, -0.2) is 0 Å². The molecule has 1 N–H and O–H groups in total. The summed E-state index contributed by atoms with van der Waals surface area (Å²) in [6.45, 7) is 2.62. The molecule has 1 heterocycles. The molecule has 0 bridgehead atoms. The molecule has 1 aromatic carbocycles. The molecule has 0 aliphatic carbocycles. The Kier molecular flexibility index (Phi) is 4.65. The number of benzene rings is 1. The first-order valence-corrected chi connectivity index (χ1v) is 6.68. The van der Waals surface area contributed by atoms with Crippen LogP contribution in [0.2, 0.25) is 5.02 Å². The Labute approximate surface area is 109 Å². The molecule has 1 saturated heterocycles. The van der Waals surface area contributed by atoms with E-state index in [1.165, 1.54) is 5.56 Å². The van der Waals surface area contributed by atoms with Crippen LogP contribution in [0.3, 0.4) is 0 Å². The molecule has 2 nitrogen and oxygen atoms in total. The lowest BCUT2D eigenvalue weighted by Crippen LogP contribution is -2.34. The molecule has 16 heavy (non-hydrogen) atoms. The maximum atomic E-state index is 6.04. The second-order valence-electron chi connectivity index (χ2n) is 4.02. The molecule has 1 aliphatic heterocycles. The summed E-state index contributed by atoms with van der Waals surface area (Å²) in [5.74, 6) is 0. The first kappa shape index (κ1) is 12.4. The van der Waals surface area contributed by atoms with E-state index in [4.69, 9.17) is 16.3 Å². The van der Waals surface area contributed by atoms with Crippen molar-refractivity contribution in [3.63, 3.8) is 0 Å². The number of hydrogen-bond acceptors (Lipinski definition) is 2. The van der Waals surface area contributed by atoms with E-state index in [1.807, 2.05) is 12.1 Å². The van der Waals surface area contributed by atoms with Crippen molar-refractivity contribution >= 4 is 27.5 Å². The van der Waals surface area contributed by atoms with Gasteiger partial charge in [0.15, 0.2) is 0 Å². The normalized spacial score (nSPS) is 17.6. The maximum absolute atomic E-state index is 6.04. The predicted octanol–water partition coefficient (Wildman–Crippen LogP) is 3.37. The third-order valence-electron chi connectivity index (χ3n) is 2.80. The van der Waals surface area contributed by atoms with E-state index in [2.05, 4.69) is 27.3 Å². The lowest BCUT2D eigenvalue weighted by Gasteiger charge is -2.23. The molecule has 1 aromatic rings. The summed E-state index contributed by atoms with van der Waals surface area (Å²) in [5.41, 5.74) is 1.22. The summed E-state index contributed by atoms with van der Waals surface area (Å²) in [7, 11) is 0. The fourth-order valence-corrected chi connectivity index (χ4v) is 2.26. The van der Waals surface area contributed by atoms with E-state index in [1.54, 1.807) is 0 Å². The summed E-state index contributed by atoms with van der Waals surface area (Å²) < 4.78 is 6.27. The fourth-order valence-electron chi connectivity index (χ4n) is 1.81. The zero-order valence-electron chi connectivity index (χ0n) is 9.01. The van der Waals surface area contributed by atoms with Gasteiger partial charge in [0.1, 0.15) is 0 Å². The highest BCUT2D eigenvalue weighted by molar-refractivity contribution is 9.10. The van der Waals surface area contributed by atoms with Gasteiger partial charge in [-0.3, -0.25) is 0 Å². The number of nitrogens with one attached hydrogen (secondary N) is 1. The molecule has 0 aromatic heterocycles. The lowest BCUT2D eigenvalue weighted by atomic mass is 10.1. The molecular formula is C12H15BrClNO. The Morgan fingerprint density at radius 2 is 2.12 bits per heavy atom. The number of ether oxygens (including phenoxy) is 1. The van der Waals surface area contributed by atoms with Gasteiger partial charge < -0.3 is 10.1 Å². The van der Waals surface area contributed by atoms with Crippen molar-refractivity contribution in [1.29, 1.82) is 0 Å². The highest BCUT2D eigenvalue weighted by Gasteiger charge is 2.12. The molecular weight excluding hydrogens is 289 g/mol. The Balaban J connectivity index is 1.86. The quantitative estimate of drug-likeness (QED) is 0.924. The summed E-state index contributed by atoms with van der Waals surface area (Å²) >= 11 is 9.43. The van der Waals surface area contributed by atoms with Crippen molar-refractivity contribution in [2.24, 2.45) is 0 Å². The molecule has 4 heteroatoms. The number of rotatable bonds is 3. The average Bonchev–Trinajstić information content (AvgIpc) is 2.32. The molecule has 1 aliphatic rings. The van der Waals surface area contributed by atoms with Gasteiger partial charge in [0.25, 0.3) is 0 Å². The van der Waals surface area contributed by atoms with Crippen LogP contribution >= 0.6 is 27.5 Å². The van der Waals surface area contributed by atoms with Crippen LogP contribution in [0.15, 0.2) is 22.7 Å². The van der Waals surface area contributed by atoms with Gasteiger partial charge in [0.2, 0.25) is 0 Å². The van der Waals surface area contributed by atoms with Crippen LogP contribution in [0.1, 0.15) is 18.4 Å². The van der Waals surface area contributed by atoms with E-state index in [0.29, 0.717) is 6.04 Å². The maximum Gasteiger partial charge on any atom is 0.0551 e. The van der Waals surface area contributed by atoms with Crippen LogP contribution in [0.4, 0.5) is 0 Å². The summed E-state index contributed by atoms with van der Waals surface area (Å²) in [4.78, 5) is 0. The van der Waals surface area contributed by atoms with Crippen molar-refractivity contribution in [2.45, 2.75) is 25.4 Å². The van der Waals surface area contributed by atoms with E-state index in [-0.39, 0.29) is 0 Å². The van der Waals surface area contributed by atoms with Gasteiger partial charge in [-0.05, 0) is 46.5 Å². The van der Waals surface area contributed by atoms with Crippen LogP contribution in [0, 0.1) is 0 Å². The van der Waals surface area contributed by atoms with E-state index in [0.717, 1.165) is 42.1 Å². The second-order valence-corrected chi connectivity index (χ2v) is 5.28. The molecule has 0 unspecified atom stereocenters. The number of hydrogen-bond donors (Lipinski definition) is 1. The van der Waals surface area contributed by atoms with Gasteiger partial charge in [0.05, 0.1) is 5.02 Å². The van der Waals surface area contributed by atoms with E-state index in [9.17, 15) is 0 Å². The van der Waals surface area contributed by atoms with Crippen molar-refractivity contribution in [1.82, 2.24) is 5.32 Å². The Morgan fingerprint density at radius 3 is 2.81 bits per heavy atom. The smallest absolute Gasteiger partial charge is 0.0551 e. The molecule has 1 fully saturated rings. The summed E-state index contributed by atoms with van der Waals surface area (Å²) in [6.07, 6.45) is 2.20. The Hall–Kier alpha value is -0.0900. The van der Waals surface area contributed by atoms with Crippen LogP contribution in [-0.2, 0) is 11.3 Å². The van der Waals surface area contributed by atoms with Crippen LogP contribution in [0.25, 0.3) is 0 Å². The van der Waals surface area contributed by atoms with E-state index < -0.39 is 0 Å². The van der Waals surface area contributed by atoms with Crippen LogP contribution < -0.4 is 5.32 Å². The highest BCUT2D eigenvalue weighted by Crippen LogP contribution is 2.23. The summed E-state index contributed by atoms with van der Waals surface area (Å²) in [5, 5.41) is 4.30. The van der Waals surface area contributed by atoms with Crippen molar-refractivity contribution in [2.75, 3.05) is 13.2 Å². The van der Waals surface area contributed by atoms with Crippen LogP contribution in [0.5, 0.6) is 0 Å². The third kappa shape index (κ3) is 3.45.